The summed E-state index contributed by atoms with van der Waals surface area (Å²) in [6.07, 6.45) is 1.07. The maximum Gasteiger partial charge on any atom is 0.297 e. The number of H-pyrrole nitrogens is 1. The molecule has 0 bridgehead atoms. The molecule has 0 aliphatic carbocycles. The second-order valence-corrected chi connectivity index (χ2v) is 1.19. The Hall–Kier alpha value is -1.50. The molecule has 0 saturated heterocycles. The van der Waals surface area contributed by atoms with Gasteiger partial charge in [-0.3, -0.25) is 4.79 Å². The third-order valence-corrected chi connectivity index (χ3v) is 0.693. The molecule has 1 aromatic rings. The van der Waals surface area contributed by atoms with Crippen molar-refractivity contribution in [1.29, 1.82) is 5.26 Å². The fraction of sp³-hybridized carbons (Fsp3) is 0. The lowest BCUT2D eigenvalue weighted by atomic mass is 10.4. The molecular weight excluding hydrogens is 108 g/mol. The summed E-state index contributed by atoms with van der Waals surface area (Å²) < 4.78 is 4.28. The molecule has 4 nitrogen and oxygen atoms in total. The quantitative estimate of drug-likeness (QED) is 0.504. The summed E-state index contributed by atoms with van der Waals surface area (Å²) in [6.45, 7) is 0. The molecule has 1 heterocycles. The minimum atomic E-state index is -0.479. The van der Waals surface area contributed by atoms with E-state index in [9.17, 15) is 4.79 Å². The van der Waals surface area contributed by atoms with Crippen LogP contribution in [0.1, 0.15) is 5.56 Å². The zero-order valence-electron chi connectivity index (χ0n) is 3.84. The number of nitriles is 1. The molecule has 0 aliphatic rings. The lowest BCUT2D eigenvalue weighted by Crippen LogP contribution is -2.00. The normalized spacial score (nSPS) is 8.38. The smallest absolute Gasteiger partial charge is 0.297 e. The van der Waals surface area contributed by atoms with Gasteiger partial charge in [0.05, 0.1) is 0 Å². The van der Waals surface area contributed by atoms with Crippen molar-refractivity contribution < 1.29 is 4.52 Å². The molecule has 1 aromatic heterocycles. The highest BCUT2D eigenvalue weighted by Gasteiger charge is 1.95. The molecule has 4 heteroatoms. The standard InChI is InChI=1S/C4H2N2O2/c5-1-3-2-8-6-4(3)7/h2H,(H,6,7). The largest absolute Gasteiger partial charge is 0.385 e. The van der Waals surface area contributed by atoms with Gasteiger partial charge in [0.2, 0.25) is 0 Å². The zero-order valence-corrected chi connectivity index (χ0v) is 3.84. The van der Waals surface area contributed by atoms with Crippen LogP contribution in [0, 0.1) is 11.3 Å². The number of nitrogens with zero attached hydrogens (tertiary/aromatic N) is 1. The molecule has 0 saturated carbocycles. The third-order valence-electron chi connectivity index (χ3n) is 0.693. The minimum Gasteiger partial charge on any atom is -0.385 e. The number of aromatic nitrogens is 1. The van der Waals surface area contributed by atoms with E-state index in [-0.39, 0.29) is 5.56 Å². The average molecular weight is 110 g/mol. The van der Waals surface area contributed by atoms with Crippen molar-refractivity contribution in [3.8, 4) is 6.07 Å². The van der Waals surface area contributed by atoms with E-state index in [1.807, 2.05) is 5.16 Å². The Kier molecular flexibility index (Phi) is 0.897. The molecule has 1 N–H and O–H groups in total. The summed E-state index contributed by atoms with van der Waals surface area (Å²) in [6, 6.07) is 1.64. The van der Waals surface area contributed by atoms with Gasteiger partial charge in [0.15, 0.2) is 5.56 Å². The predicted molar refractivity (Wildman–Crippen MR) is 24.0 cm³/mol. The SMILES string of the molecule is N#Cc1co[nH]c1=O. The van der Waals surface area contributed by atoms with E-state index in [2.05, 4.69) is 4.52 Å². The van der Waals surface area contributed by atoms with Crippen LogP contribution < -0.4 is 5.56 Å². The van der Waals surface area contributed by atoms with Crippen LogP contribution in [-0.4, -0.2) is 5.16 Å². The van der Waals surface area contributed by atoms with Gasteiger partial charge in [-0.1, -0.05) is 0 Å². The van der Waals surface area contributed by atoms with Gasteiger partial charge >= 0.3 is 0 Å². The number of hydrogen-bond donors (Lipinski definition) is 1. The summed E-state index contributed by atoms with van der Waals surface area (Å²) in [7, 11) is 0. The first-order valence-electron chi connectivity index (χ1n) is 1.91. The monoisotopic (exact) mass is 110 g/mol. The highest BCUT2D eigenvalue weighted by atomic mass is 16.5. The van der Waals surface area contributed by atoms with Crippen molar-refractivity contribution in [3.63, 3.8) is 0 Å². The summed E-state index contributed by atoms with van der Waals surface area (Å²) in [5.41, 5.74) is -0.475. The Balaban J connectivity index is 3.37. The minimum absolute atomic E-state index is 0.00463. The van der Waals surface area contributed by atoms with Gasteiger partial charge in [-0.15, -0.1) is 0 Å². The van der Waals surface area contributed by atoms with Crippen molar-refractivity contribution in [2.75, 3.05) is 0 Å². The fourth-order valence-corrected chi connectivity index (χ4v) is 0.328. The van der Waals surface area contributed by atoms with E-state index < -0.39 is 5.56 Å². The molecule has 0 unspecified atom stereocenters. The van der Waals surface area contributed by atoms with E-state index in [1.165, 1.54) is 0 Å². The van der Waals surface area contributed by atoms with Crippen LogP contribution in [0.3, 0.4) is 0 Å². The molecular formula is C4H2N2O2. The van der Waals surface area contributed by atoms with Crippen LogP contribution in [0.5, 0.6) is 0 Å². The van der Waals surface area contributed by atoms with Crippen LogP contribution >= 0.6 is 0 Å². The summed E-state index contributed by atoms with van der Waals surface area (Å²) >= 11 is 0. The maximum atomic E-state index is 10.3. The molecule has 0 spiro atoms. The topological polar surface area (TPSA) is 69.8 Å². The number of hydrogen-bond acceptors (Lipinski definition) is 3. The Bertz CT molecular complexity index is 264. The van der Waals surface area contributed by atoms with Crippen LogP contribution in [0.4, 0.5) is 0 Å². The first-order valence-corrected chi connectivity index (χ1v) is 1.91. The van der Waals surface area contributed by atoms with Gasteiger partial charge in [0.25, 0.3) is 5.56 Å². The second-order valence-electron chi connectivity index (χ2n) is 1.19. The maximum absolute atomic E-state index is 10.3. The van der Waals surface area contributed by atoms with Crippen molar-refractivity contribution in [3.05, 3.63) is 22.2 Å². The van der Waals surface area contributed by atoms with E-state index in [0.717, 1.165) is 6.26 Å². The van der Waals surface area contributed by atoms with Gasteiger partial charge in [0, 0.05) is 0 Å². The van der Waals surface area contributed by atoms with Gasteiger partial charge in [0.1, 0.15) is 12.3 Å². The molecule has 0 fully saturated rings. The van der Waals surface area contributed by atoms with Crippen LogP contribution in [-0.2, 0) is 0 Å². The Morgan fingerprint density at radius 3 is 2.88 bits per heavy atom. The fourth-order valence-electron chi connectivity index (χ4n) is 0.328. The zero-order chi connectivity index (χ0) is 5.98. The lowest BCUT2D eigenvalue weighted by molar-refractivity contribution is 0.413. The highest BCUT2D eigenvalue weighted by Crippen LogP contribution is 1.81. The Morgan fingerprint density at radius 2 is 2.62 bits per heavy atom. The van der Waals surface area contributed by atoms with Crippen LogP contribution in [0.2, 0.25) is 0 Å². The van der Waals surface area contributed by atoms with Crippen LogP contribution in [0.25, 0.3) is 0 Å². The Labute approximate surface area is 44.3 Å². The van der Waals surface area contributed by atoms with Gasteiger partial charge in [-0.05, 0) is 0 Å². The van der Waals surface area contributed by atoms with Crippen molar-refractivity contribution in [2.24, 2.45) is 0 Å². The van der Waals surface area contributed by atoms with Crippen molar-refractivity contribution in [1.82, 2.24) is 5.16 Å². The number of rotatable bonds is 0. The number of nitrogens with one attached hydrogen (secondary N) is 1. The molecule has 0 amide bonds. The van der Waals surface area contributed by atoms with E-state index >= 15 is 0 Å². The van der Waals surface area contributed by atoms with Crippen molar-refractivity contribution >= 4 is 0 Å². The first-order chi connectivity index (χ1) is 3.84. The lowest BCUT2D eigenvalue weighted by Gasteiger charge is -1.58. The van der Waals surface area contributed by atoms with Gasteiger partial charge in [-0.25, -0.2) is 0 Å². The van der Waals surface area contributed by atoms with Gasteiger partial charge < -0.3 is 4.52 Å². The molecule has 1 rings (SSSR count). The van der Waals surface area contributed by atoms with E-state index in [0.29, 0.717) is 0 Å². The van der Waals surface area contributed by atoms with Crippen LogP contribution in [0.15, 0.2) is 15.6 Å². The molecule has 0 atom stereocenters. The molecule has 8 heavy (non-hydrogen) atoms. The molecule has 0 aromatic carbocycles. The summed E-state index contributed by atoms with van der Waals surface area (Å²) in [5, 5.41) is 10.0. The van der Waals surface area contributed by atoms with Crippen molar-refractivity contribution in [2.45, 2.75) is 0 Å². The Morgan fingerprint density at radius 1 is 1.88 bits per heavy atom. The summed E-state index contributed by atoms with van der Waals surface area (Å²) in [5.74, 6) is 0. The first kappa shape index (κ1) is 4.65. The average Bonchev–Trinajstić information content (AvgIpc) is 2.14. The summed E-state index contributed by atoms with van der Waals surface area (Å²) in [4.78, 5) is 10.3. The van der Waals surface area contributed by atoms with E-state index in [4.69, 9.17) is 5.26 Å². The molecule has 0 aliphatic heterocycles. The van der Waals surface area contributed by atoms with E-state index in [1.54, 1.807) is 6.07 Å². The van der Waals surface area contributed by atoms with Gasteiger partial charge in [-0.2, -0.15) is 10.4 Å². The molecule has 40 valence electrons. The number of aromatic amines is 1. The second kappa shape index (κ2) is 1.54. The highest BCUT2D eigenvalue weighted by molar-refractivity contribution is 5.19. The third kappa shape index (κ3) is 0.500. The molecule has 0 radical (unpaired) electrons. The predicted octanol–water partition coefficient (Wildman–Crippen LogP) is -0.160.